The number of anilines is 1. The van der Waals surface area contributed by atoms with Crippen LogP contribution < -0.4 is 5.32 Å². The van der Waals surface area contributed by atoms with Crippen LogP contribution in [0, 0.1) is 17.2 Å². The average Bonchev–Trinajstić information content (AvgIpc) is 3.00. The molecule has 1 heterocycles. The fourth-order valence-electron chi connectivity index (χ4n) is 1.50. The van der Waals surface area contributed by atoms with Crippen molar-refractivity contribution in [2.24, 2.45) is 5.92 Å². The van der Waals surface area contributed by atoms with Crippen molar-refractivity contribution in [1.82, 2.24) is 10.2 Å². The summed E-state index contributed by atoms with van der Waals surface area (Å²) < 4.78 is 1.74. The van der Waals surface area contributed by atoms with E-state index in [4.69, 9.17) is 5.26 Å². The molecule has 0 unspecified atom stereocenters. The first kappa shape index (κ1) is 17.8. The average molecular weight is 365 g/mol. The first-order valence-corrected chi connectivity index (χ1v) is 9.74. The molecule has 120 valence electrons. The topological polar surface area (TPSA) is 78.7 Å². The number of carbonyl (C=O) groups excluding carboxylic acids is 1. The lowest BCUT2D eigenvalue weighted by molar-refractivity contribution is -0.113. The molecule has 0 saturated carbocycles. The molecule has 2 rings (SSSR count). The molecule has 0 spiro atoms. The molecule has 0 bridgehead atoms. The van der Waals surface area contributed by atoms with E-state index in [2.05, 4.69) is 29.4 Å². The number of thioether (sulfide) groups is 2. The van der Waals surface area contributed by atoms with Crippen molar-refractivity contribution in [1.29, 1.82) is 5.26 Å². The number of nitrogens with one attached hydrogen (secondary N) is 1. The number of rotatable bonds is 7. The predicted molar refractivity (Wildman–Crippen MR) is 96.0 cm³/mol. The number of carbonyl (C=O) groups is 1. The third-order valence-electron chi connectivity index (χ3n) is 2.55. The molecular formula is C15H16N4OS3. The van der Waals surface area contributed by atoms with Gasteiger partial charge in [-0.15, -0.1) is 10.2 Å². The maximum absolute atomic E-state index is 11.9. The maximum Gasteiger partial charge on any atom is 0.234 e. The number of nitrogens with zero attached hydrogens (tertiary/aromatic N) is 3. The summed E-state index contributed by atoms with van der Waals surface area (Å²) in [7, 11) is 0. The molecule has 8 heteroatoms. The molecule has 0 saturated heterocycles. The number of hydrogen-bond donors (Lipinski definition) is 1. The summed E-state index contributed by atoms with van der Waals surface area (Å²) >= 11 is 4.59. The highest BCUT2D eigenvalue weighted by atomic mass is 32.2. The van der Waals surface area contributed by atoms with Gasteiger partial charge < -0.3 is 5.32 Å². The predicted octanol–water partition coefficient (Wildman–Crippen LogP) is 3.89. The summed E-state index contributed by atoms with van der Waals surface area (Å²) in [5.41, 5.74) is 1.25. The van der Waals surface area contributed by atoms with Crippen molar-refractivity contribution < 1.29 is 4.79 Å². The van der Waals surface area contributed by atoms with Gasteiger partial charge in [-0.1, -0.05) is 48.7 Å². The summed E-state index contributed by atoms with van der Waals surface area (Å²) in [6, 6.07) is 8.82. The first-order chi connectivity index (χ1) is 11.1. The van der Waals surface area contributed by atoms with Gasteiger partial charge in [-0.05, 0) is 30.2 Å². The Bertz CT molecular complexity index is 691. The minimum atomic E-state index is -0.105. The van der Waals surface area contributed by atoms with Crippen LogP contribution in [0.3, 0.4) is 0 Å². The van der Waals surface area contributed by atoms with Gasteiger partial charge in [0.2, 0.25) is 5.91 Å². The van der Waals surface area contributed by atoms with Crippen LogP contribution in [0.4, 0.5) is 5.69 Å². The third kappa shape index (κ3) is 6.22. The molecule has 0 fully saturated rings. The Hall–Kier alpha value is -1.56. The zero-order valence-electron chi connectivity index (χ0n) is 12.8. The van der Waals surface area contributed by atoms with Crippen LogP contribution in [-0.4, -0.2) is 27.6 Å². The van der Waals surface area contributed by atoms with E-state index in [-0.39, 0.29) is 11.7 Å². The van der Waals surface area contributed by atoms with Crippen molar-refractivity contribution in [2.45, 2.75) is 22.5 Å². The Kier molecular flexibility index (Phi) is 6.89. The number of aromatic nitrogens is 2. The standard InChI is InChI=1S/C15H16N4OS3/c1-10(2)8-21-14-18-19-15(23-14)22-9-13(20)17-12-5-3-11(7-16)4-6-12/h3-6,10H,8-9H2,1-2H3,(H,17,20). The van der Waals surface area contributed by atoms with Crippen molar-refractivity contribution in [3.63, 3.8) is 0 Å². The molecule has 2 aromatic rings. The number of amides is 1. The highest BCUT2D eigenvalue weighted by Crippen LogP contribution is 2.29. The second-order valence-electron chi connectivity index (χ2n) is 5.06. The van der Waals surface area contributed by atoms with Gasteiger partial charge in [0.25, 0.3) is 0 Å². The molecule has 0 aliphatic heterocycles. The van der Waals surface area contributed by atoms with E-state index in [1.807, 2.05) is 6.07 Å². The van der Waals surface area contributed by atoms with Crippen LogP contribution >= 0.6 is 34.9 Å². The van der Waals surface area contributed by atoms with Gasteiger partial charge in [-0.3, -0.25) is 4.79 Å². The Morgan fingerprint density at radius 2 is 1.91 bits per heavy atom. The van der Waals surface area contributed by atoms with E-state index in [1.54, 1.807) is 36.0 Å². The van der Waals surface area contributed by atoms with Crippen LogP contribution in [-0.2, 0) is 4.79 Å². The minimum Gasteiger partial charge on any atom is -0.325 e. The van der Waals surface area contributed by atoms with Gasteiger partial charge in [0, 0.05) is 11.4 Å². The zero-order chi connectivity index (χ0) is 16.7. The van der Waals surface area contributed by atoms with Crippen LogP contribution in [0.15, 0.2) is 32.9 Å². The summed E-state index contributed by atoms with van der Waals surface area (Å²) in [6.07, 6.45) is 0. The van der Waals surface area contributed by atoms with Crippen LogP contribution in [0.5, 0.6) is 0 Å². The van der Waals surface area contributed by atoms with Gasteiger partial charge in [0.05, 0.1) is 17.4 Å². The molecule has 1 N–H and O–H groups in total. The van der Waals surface area contributed by atoms with E-state index in [0.29, 0.717) is 17.2 Å². The fraction of sp³-hybridized carbons (Fsp3) is 0.333. The highest BCUT2D eigenvalue weighted by molar-refractivity contribution is 8.03. The Labute approximate surface area is 147 Å². The van der Waals surface area contributed by atoms with E-state index in [9.17, 15) is 4.79 Å². The molecule has 0 atom stereocenters. The van der Waals surface area contributed by atoms with Crippen molar-refractivity contribution in [3.05, 3.63) is 29.8 Å². The van der Waals surface area contributed by atoms with Crippen molar-refractivity contribution in [3.8, 4) is 6.07 Å². The lowest BCUT2D eigenvalue weighted by Gasteiger charge is -2.03. The fourth-order valence-corrected chi connectivity index (χ4v) is 4.30. The lowest BCUT2D eigenvalue weighted by Crippen LogP contribution is -2.13. The summed E-state index contributed by atoms with van der Waals surface area (Å²) in [5.74, 6) is 1.80. The summed E-state index contributed by atoms with van der Waals surface area (Å²) in [4.78, 5) is 11.9. The molecule has 5 nitrogen and oxygen atoms in total. The molecule has 0 aliphatic carbocycles. The van der Waals surface area contributed by atoms with Gasteiger partial charge in [0.15, 0.2) is 8.68 Å². The molecule has 0 aliphatic rings. The molecule has 1 aromatic heterocycles. The summed E-state index contributed by atoms with van der Waals surface area (Å²) in [6.45, 7) is 4.33. The van der Waals surface area contributed by atoms with Gasteiger partial charge in [-0.2, -0.15) is 5.26 Å². The Balaban J connectivity index is 1.78. The smallest absolute Gasteiger partial charge is 0.234 e. The molecular weight excluding hydrogens is 348 g/mol. The Morgan fingerprint density at radius 3 is 2.52 bits per heavy atom. The lowest BCUT2D eigenvalue weighted by atomic mass is 10.2. The maximum atomic E-state index is 11.9. The quantitative estimate of drug-likeness (QED) is 0.751. The van der Waals surface area contributed by atoms with E-state index in [0.717, 1.165) is 14.4 Å². The normalized spacial score (nSPS) is 10.5. The largest absolute Gasteiger partial charge is 0.325 e. The van der Waals surface area contributed by atoms with E-state index < -0.39 is 0 Å². The van der Waals surface area contributed by atoms with Crippen LogP contribution in [0.2, 0.25) is 0 Å². The molecule has 1 amide bonds. The number of benzene rings is 1. The zero-order valence-corrected chi connectivity index (χ0v) is 15.2. The summed E-state index contributed by atoms with van der Waals surface area (Å²) in [5, 5.41) is 19.7. The second kappa shape index (κ2) is 8.91. The molecule has 0 radical (unpaired) electrons. The van der Waals surface area contributed by atoms with E-state index in [1.165, 1.54) is 23.1 Å². The monoisotopic (exact) mass is 364 g/mol. The van der Waals surface area contributed by atoms with Gasteiger partial charge >= 0.3 is 0 Å². The SMILES string of the molecule is CC(C)CSc1nnc(SCC(=O)Nc2ccc(C#N)cc2)s1. The van der Waals surface area contributed by atoms with Crippen molar-refractivity contribution >= 4 is 46.5 Å². The number of nitriles is 1. The number of hydrogen-bond acceptors (Lipinski definition) is 7. The minimum absolute atomic E-state index is 0.105. The van der Waals surface area contributed by atoms with Crippen LogP contribution in [0.25, 0.3) is 0 Å². The van der Waals surface area contributed by atoms with Gasteiger partial charge in [0.1, 0.15) is 0 Å². The Morgan fingerprint density at radius 1 is 1.26 bits per heavy atom. The second-order valence-corrected chi connectivity index (χ2v) is 8.53. The van der Waals surface area contributed by atoms with Crippen LogP contribution in [0.1, 0.15) is 19.4 Å². The third-order valence-corrected chi connectivity index (χ3v) is 6.17. The molecule has 23 heavy (non-hydrogen) atoms. The molecule has 1 aromatic carbocycles. The van der Waals surface area contributed by atoms with Crippen molar-refractivity contribution in [2.75, 3.05) is 16.8 Å². The van der Waals surface area contributed by atoms with E-state index >= 15 is 0 Å². The van der Waals surface area contributed by atoms with Gasteiger partial charge in [-0.25, -0.2) is 0 Å². The first-order valence-electron chi connectivity index (χ1n) is 6.96. The highest BCUT2D eigenvalue weighted by Gasteiger charge is 2.09.